The molecule has 73 valence electrons. The minimum absolute atomic E-state index is 0.407. The normalized spacial score (nSPS) is 23.0. The molecule has 1 fully saturated rings. The van der Waals surface area contributed by atoms with E-state index in [9.17, 15) is 0 Å². The summed E-state index contributed by atoms with van der Waals surface area (Å²) in [6.07, 6.45) is 8.04. The summed E-state index contributed by atoms with van der Waals surface area (Å²) in [5, 5.41) is 4.60. The third-order valence-electron chi connectivity index (χ3n) is 2.36. The van der Waals surface area contributed by atoms with Gasteiger partial charge in [-0.1, -0.05) is 12.2 Å². The maximum Gasteiger partial charge on any atom is 0.0766 e. The second-order valence-corrected chi connectivity index (χ2v) is 3.41. The first-order chi connectivity index (χ1) is 6.38. The van der Waals surface area contributed by atoms with E-state index in [1.54, 1.807) is 0 Å². The summed E-state index contributed by atoms with van der Waals surface area (Å²) in [6.45, 7) is 10.4. The van der Waals surface area contributed by atoms with Crippen molar-refractivity contribution in [3.63, 3.8) is 0 Å². The molecule has 1 rings (SSSR count). The molecular formula is C11H19N2. The number of hydrogen-bond acceptors (Lipinski definition) is 1. The van der Waals surface area contributed by atoms with Crippen molar-refractivity contribution in [2.75, 3.05) is 19.6 Å². The van der Waals surface area contributed by atoms with Crippen LogP contribution in [0.3, 0.4) is 0 Å². The zero-order valence-corrected chi connectivity index (χ0v) is 8.28. The molecule has 2 heteroatoms. The summed E-state index contributed by atoms with van der Waals surface area (Å²) in [5.74, 6) is 0. The molecule has 0 spiro atoms. The Bertz CT molecular complexity index is 149. The summed E-state index contributed by atoms with van der Waals surface area (Å²) in [6, 6.07) is 0. The molecule has 1 radical (unpaired) electrons. The highest BCUT2D eigenvalue weighted by Gasteiger charge is 2.19. The van der Waals surface area contributed by atoms with Crippen molar-refractivity contribution < 1.29 is 0 Å². The largest absolute Gasteiger partial charge is 0.279 e. The topological polar surface area (TPSA) is 17.3 Å². The molecule has 1 aliphatic rings. The van der Waals surface area contributed by atoms with Crippen LogP contribution in [-0.2, 0) is 0 Å². The van der Waals surface area contributed by atoms with Gasteiger partial charge in [-0.05, 0) is 19.3 Å². The lowest BCUT2D eigenvalue weighted by molar-refractivity contribution is 0.164. The summed E-state index contributed by atoms with van der Waals surface area (Å²) < 4.78 is 0. The molecule has 1 unspecified atom stereocenters. The summed E-state index contributed by atoms with van der Waals surface area (Å²) in [5.41, 5.74) is 0. The van der Waals surface area contributed by atoms with Crippen molar-refractivity contribution in [3.05, 3.63) is 25.3 Å². The molecule has 2 nitrogen and oxygen atoms in total. The monoisotopic (exact) mass is 179 g/mol. The van der Waals surface area contributed by atoms with Crippen molar-refractivity contribution in [1.82, 2.24) is 10.2 Å². The van der Waals surface area contributed by atoms with Crippen LogP contribution >= 0.6 is 0 Å². The minimum atomic E-state index is 0.407. The van der Waals surface area contributed by atoms with Gasteiger partial charge in [-0.15, -0.1) is 13.2 Å². The lowest BCUT2D eigenvalue weighted by atomic mass is 10.1. The third kappa shape index (κ3) is 3.33. The Morgan fingerprint density at radius 2 is 1.92 bits per heavy atom. The molecular weight excluding hydrogens is 160 g/mol. The van der Waals surface area contributed by atoms with Gasteiger partial charge in [0.15, 0.2) is 0 Å². The van der Waals surface area contributed by atoms with E-state index in [0.717, 1.165) is 19.6 Å². The molecule has 0 aromatic carbocycles. The molecule has 1 saturated heterocycles. The highest BCUT2D eigenvalue weighted by molar-refractivity contribution is 4.84. The molecule has 0 aliphatic carbocycles. The van der Waals surface area contributed by atoms with Crippen LogP contribution in [0.25, 0.3) is 0 Å². The van der Waals surface area contributed by atoms with Gasteiger partial charge in [0, 0.05) is 19.6 Å². The minimum Gasteiger partial charge on any atom is -0.279 e. The van der Waals surface area contributed by atoms with E-state index in [0.29, 0.717) is 6.17 Å². The molecule has 0 aromatic heterocycles. The average molecular weight is 179 g/mol. The van der Waals surface area contributed by atoms with E-state index in [4.69, 9.17) is 0 Å². The number of nitrogens with zero attached hydrogens (tertiary/aromatic N) is 2. The highest BCUT2D eigenvalue weighted by Crippen LogP contribution is 2.12. The van der Waals surface area contributed by atoms with Gasteiger partial charge in [-0.25, -0.2) is 5.32 Å². The predicted octanol–water partition coefficient (Wildman–Crippen LogP) is 1.77. The van der Waals surface area contributed by atoms with Gasteiger partial charge in [0.05, 0.1) is 6.17 Å². The fourth-order valence-corrected chi connectivity index (χ4v) is 1.72. The second kappa shape index (κ2) is 5.95. The molecule has 1 heterocycles. The van der Waals surface area contributed by atoms with Crippen LogP contribution in [-0.4, -0.2) is 30.7 Å². The fourth-order valence-electron chi connectivity index (χ4n) is 1.72. The van der Waals surface area contributed by atoms with Crippen molar-refractivity contribution in [1.29, 1.82) is 0 Å². The van der Waals surface area contributed by atoms with Crippen LogP contribution in [0.1, 0.15) is 19.3 Å². The molecule has 0 bridgehead atoms. The zero-order valence-electron chi connectivity index (χ0n) is 8.28. The van der Waals surface area contributed by atoms with E-state index >= 15 is 0 Å². The number of rotatable bonds is 5. The lowest BCUT2D eigenvalue weighted by Crippen LogP contribution is -2.44. The van der Waals surface area contributed by atoms with Gasteiger partial charge in [0.25, 0.3) is 0 Å². The first kappa shape index (κ1) is 10.5. The Morgan fingerprint density at radius 1 is 1.23 bits per heavy atom. The van der Waals surface area contributed by atoms with Crippen LogP contribution in [0, 0.1) is 0 Å². The van der Waals surface area contributed by atoms with Crippen LogP contribution in [0.2, 0.25) is 0 Å². The molecule has 0 amide bonds. The summed E-state index contributed by atoms with van der Waals surface area (Å²) in [7, 11) is 0. The molecule has 13 heavy (non-hydrogen) atoms. The Balaban J connectivity index is 2.40. The smallest absolute Gasteiger partial charge is 0.0766 e. The van der Waals surface area contributed by atoms with Gasteiger partial charge in [-0.3, -0.25) is 4.90 Å². The fraction of sp³-hybridized carbons (Fsp3) is 0.636. The van der Waals surface area contributed by atoms with Crippen LogP contribution in [0.4, 0.5) is 0 Å². The molecule has 1 aliphatic heterocycles. The first-order valence-electron chi connectivity index (χ1n) is 5.01. The van der Waals surface area contributed by atoms with Crippen LogP contribution in [0.5, 0.6) is 0 Å². The number of hydrogen-bond donors (Lipinski definition) is 0. The SMILES string of the molecule is C=CCN(CC=C)C1CCCC[N]1. The standard InChI is InChI=1S/C11H19N2/c1-3-9-13(10-4-2)11-7-5-6-8-12-11/h3-4,11H,1-2,5-10H2. The summed E-state index contributed by atoms with van der Waals surface area (Å²) in [4.78, 5) is 2.32. The van der Waals surface area contributed by atoms with E-state index in [1.807, 2.05) is 12.2 Å². The van der Waals surface area contributed by atoms with E-state index in [2.05, 4.69) is 23.4 Å². The average Bonchev–Trinajstić information content (AvgIpc) is 2.19. The highest BCUT2D eigenvalue weighted by atomic mass is 15.3. The van der Waals surface area contributed by atoms with Crippen LogP contribution in [0.15, 0.2) is 25.3 Å². The van der Waals surface area contributed by atoms with E-state index < -0.39 is 0 Å². The Morgan fingerprint density at radius 3 is 2.38 bits per heavy atom. The number of piperidine rings is 1. The molecule has 0 aromatic rings. The van der Waals surface area contributed by atoms with Crippen LogP contribution < -0.4 is 5.32 Å². The molecule has 0 N–H and O–H groups in total. The third-order valence-corrected chi connectivity index (χ3v) is 2.36. The van der Waals surface area contributed by atoms with E-state index in [1.165, 1.54) is 19.3 Å². The van der Waals surface area contributed by atoms with Crippen molar-refractivity contribution in [2.45, 2.75) is 25.4 Å². The first-order valence-corrected chi connectivity index (χ1v) is 5.01. The second-order valence-electron chi connectivity index (χ2n) is 3.41. The van der Waals surface area contributed by atoms with Crippen molar-refractivity contribution >= 4 is 0 Å². The summed E-state index contributed by atoms with van der Waals surface area (Å²) >= 11 is 0. The van der Waals surface area contributed by atoms with Gasteiger partial charge in [0.2, 0.25) is 0 Å². The van der Waals surface area contributed by atoms with Gasteiger partial charge < -0.3 is 0 Å². The Labute approximate surface area is 81.3 Å². The lowest BCUT2D eigenvalue weighted by Gasteiger charge is -2.32. The maximum atomic E-state index is 4.60. The van der Waals surface area contributed by atoms with Gasteiger partial charge in [0.1, 0.15) is 0 Å². The Kier molecular flexibility index (Phi) is 4.79. The Hall–Kier alpha value is -0.600. The predicted molar refractivity (Wildman–Crippen MR) is 56.6 cm³/mol. The zero-order chi connectivity index (χ0) is 9.52. The van der Waals surface area contributed by atoms with Crippen molar-refractivity contribution in [2.24, 2.45) is 0 Å². The maximum absolute atomic E-state index is 4.60. The molecule has 1 atom stereocenters. The quantitative estimate of drug-likeness (QED) is 0.588. The van der Waals surface area contributed by atoms with Crippen molar-refractivity contribution in [3.8, 4) is 0 Å². The van der Waals surface area contributed by atoms with E-state index in [-0.39, 0.29) is 0 Å². The van der Waals surface area contributed by atoms with Gasteiger partial charge in [-0.2, -0.15) is 0 Å². The molecule has 0 saturated carbocycles. The van der Waals surface area contributed by atoms with Gasteiger partial charge >= 0.3 is 0 Å².